The standard InChI is InChI=1S/C27H30ClF2N9O/c1-16(5-8-40-27-20(13-35-38(27)2)26-33-7-4-25(31)37-26)36-22-11-23(28)34-12-19(22)21-10-18(3-6-32-21)39-14-17(15-39)9-24(29)30/h3-4,6-7,10-13,16-17,24H,5,8-9,14-15H2,1-2H3,(H,34,36)(H2,31,33,37)/t16-/m0/s1. The first-order valence-electron chi connectivity index (χ1n) is 12.9. The molecule has 0 bridgehead atoms. The number of anilines is 3. The lowest BCUT2D eigenvalue weighted by molar-refractivity contribution is 0.107. The molecule has 40 heavy (non-hydrogen) atoms. The van der Waals surface area contributed by atoms with Crippen molar-refractivity contribution in [3.8, 4) is 28.5 Å². The molecule has 0 aliphatic carbocycles. The van der Waals surface area contributed by atoms with E-state index in [0.717, 1.165) is 16.9 Å². The molecular formula is C27H30ClF2N9O. The largest absolute Gasteiger partial charge is 0.477 e. The second-order valence-corrected chi connectivity index (χ2v) is 10.2. The SMILES string of the molecule is C[C@@H](CCOc1c(-c2nccc(N)n2)cnn1C)Nc1cc(Cl)ncc1-c1cc(N2CC(CC(F)F)C2)ccn1. The second-order valence-electron chi connectivity index (χ2n) is 9.82. The predicted octanol–water partition coefficient (Wildman–Crippen LogP) is 4.93. The van der Waals surface area contributed by atoms with Crippen molar-refractivity contribution < 1.29 is 13.5 Å². The van der Waals surface area contributed by atoms with E-state index in [4.69, 9.17) is 22.1 Å². The first kappa shape index (κ1) is 27.5. The lowest BCUT2D eigenvalue weighted by atomic mass is 9.95. The molecule has 5 rings (SSSR count). The average molecular weight is 570 g/mol. The minimum absolute atomic E-state index is 0.00573. The van der Waals surface area contributed by atoms with Gasteiger partial charge in [0.2, 0.25) is 12.3 Å². The van der Waals surface area contributed by atoms with E-state index < -0.39 is 6.43 Å². The second kappa shape index (κ2) is 12.0. The third kappa shape index (κ3) is 6.39. The van der Waals surface area contributed by atoms with Gasteiger partial charge in [-0.25, -0.2) is 28.4 Å². The smallest absolute Gasteiger partial charge is 0.239 e. The number of hydrogen-bond acceptors (Lipinski definition) is 9. The number of alkyl halides is 2. The molecule has 0 spiro atoms. The number of nitrogens with one attached hydrogen (secondary N) is 1. The van der Waals surface area contributed by atoms with Gasteiger partial charge in [0.1, 0.15) is 16.5 Å². The summed E-state index contributed by atoms with van der Waals surface area (Å²) in [7, 11) is 1.79. The fourth-order valence-electron chi connectivity index (χ4n) is 4.62. The number of nitrogen functional groups attached to an aromatic ring is 1. The Morgan fingerprint density at radius 1 is 1.12 bits per heavy atom. The molecule has 10 nitrogen and oxygen atoms in total. The van der Waals surface area contributed by atoms with Crippen LogP contribution in [-0.4, -0.2) is 61.9 Å². The van der Waals surface area contributed by atoms with Crippen molar-refractivity contribution in [2.45, 2.75) is 32.2 Å². The Bertz CT molecular complexity index is 1460. The van der Waals surface area contributed by atoms with Crippen LogP contribution in [0.25, 0.3) is 22.6 Å². The molecule has 0 unspecified atom stereocenters. The molecule has 1 saturated heterocycles. The Kier molecular flexibility index (Phi) is 8.24. The van der Waals surface area contributed by atoms with Crippen molar-refractivity contribution >= 4 is 28.8 Å². The number of nitrogens with two attached hydrogens (primary N) is 1. The Balaban J connectivity index is 1.24. The summed E-state index contributed by atoms with van der Waals surface area (Å²) in [5.74, 6) is 1.37. The van der Waals surface area contributed by atoms with E-state index in [1.165, 1.54) is 0 Å². The van der Waals surface area contributed by atoms with Gasteiger partial charge >= 0.3 is 0 Å². The van der Waals surface area contributed by atoms with Crippen LogP contribution in [0.15, 0.2) is 49.1 Å². The highest BCUT2D eigenvalue weighted by Gasteiger charge is 2.29. The van der Waals surface area contributed by atoms with Crippen LogP contribution < -0.4 is 20.7 Å². The molecule has 0 radical (unpaired) electrons. The Labute approximate surface area is 235 Å². The maximum atomic E-state index is 12.7. The Hall–Kier alpha value is -4.06. The summed E-state index contributed by atoms with van der Waals surface area (Å²) < 4.78 is 33.1. The van der Waals surface area contributed by atoms with E-state index in [9.17, 15) is 8.78 Å². The molecule has 5 heterocycles. The fourth-order valence-corrected chi connectivity index (χ4v) is 4.78. The first-order chi connectivity index (χ1) is 19.3. The van der Waals surface area contributed by atoms with Crippen molar-refractivity contribution in [3.63, 3.8) is 0 Å². The number of pyridine rings is 2. The van der Waals surface area contributed by atoms with Crippen LogP contribution in [0.4, 0.5) is 26.0 Å². The molecule has 13 heteroatoms. The van der Waals surface area contributed by atoms with E-state index in [2.05, 4.69) is 35.3 Å². The topological polar surface area (TPSA) is 120 Å². The molecule has 1 aliphatic heterocycles. The first-order valence-corrected chi connectivity index (χ1v) is 13.3. The highest BCUT2D eigenvalue weighted by Crippen LogP contribution is 2.34. The van der Waals surface area contributed by atoms with Crippen molar-refractivity contribution in [1.29, 1.82) is 0 Å². The summed E-state index contributed by atoms with van der Waals surface area (Å²) in [6, 6.07) is 7.23. The summed E-state index contributed by atoms with van der Waals surface area (Å²) in [5.41, 5.74) is 9.70. The zero-order chi connectivity index (χ0) is 28.2. The van der Waals surface area contributed by atoms with Gasteiger partial charge in [-0.15, -0.1) is 0 Å². The highest BCUT2D eigenvalue weighted by molar-refractivity contribution is 6.29. The number of halogens is 3. The van der Waals surface area contributed by atoms with Gasteiger partial charge in [-0.3, -0.25) is 4.98 Å². The molecule has 0 aromatic carbocycles. The van der Waals surface area contributed by atoms with Crippen LogP contribution in [0, 0.1) is 5.92 Å². The van der Waals surface area contributed by atoms with Gasteiger partial charge in [-0.2, -0.15) is 5.10 Å². The third-order valence-corrected chi connectivity index (χ3v) is 6.92. The minimum Gasteiger partial charge on any atom is -0.477 e. The normalized spacial score (nSPS) is 14.3. The summed E-state index contributed by atoms with van der Waals surface area (Å²) in [4.78, 5) is 19.4. The number of nitrogens with zero attached hydrogens (tertiary/aromatic N) is 7. The maximum absolute atomic E-state index is 12.7. The molecule has 1 fully saturated rings. The van der Waals surface area contributed by atoms with Crippen LogP contribution in [-0.2, 0) is 7.05 Å². The number of aromatic nitrogens is 6. The number of aryl methyl sites for hydroxylation is 1. The lowest BCUT2D eigenvalue weighted by Gasteiger charge is -2.41. The molecule has 0 amide bonds. The van der Waals surface area contributed by atoms with Gasteiger partial charge in [0.05, 0.1) is 18.5 Å². The summed E-state index contributed by atoms with van der Waals surface area (Å²) in [6.45, 7) is 3.66. The fraction of sp³-hybridized carbons (Fsp3) is 0.370. The monoisotopic (exact) mass is 569 g/mol. The van der Waals surface area contributed by atoms with Crippen LogP contribution >= 0.6 is 11.6 Å². The van der Waals surface area contributed by atoms with Crippen molar-refractivity contribution in [2.24, 2.45) is 13.0 Å². The van der Waals surface area contributed by atoms with Gasteiger partial charge < -0.3 is 20.7 Å². The van der Waals surface area contributed by atoms with Crippen molar-refractivity contribution in [1.82, 2.24) is 29.7 Å². The molecular weight excluding hydrogens is 540 g/mol. The predicted molar refractivity (Wildman–Crippen MR) is 151 cm³/mol. The Morgan fingerprint density at radius 3 is 2.70 bits per heavy atom. The van der Waals surface area contributed by atoms with Crippen LogP contribution in [0.3, 0.4) is 0 Å². The molecule has 4 aromatic rings. The van der Waals surface area contributed by atoms with Crippen LogP contribution in [0.2, 0.25) is 5.15 Å². The van der Waals surface area contributed by atoms with E-state index in [-0.39, 0.29) is 18.4 Å². The molecule has 3 N–H and O–H groups in total. The third-order valence-electron chi connectivity index (χ3n) is 6.72. The van der Waals surface area contributed by atoms with Gasteiger partial charge in [0.15, 0.2) is 5.82 Å². The average Bonchev–Trinajstić information content (AvgIpc) is 3.26. The molecule has 1 atom stereocenters. The van der Waals surface area contributed by atoms with E-state index in [0.29, 0.717) is 60.0 Å². The van der Waals surface area contributed by atoms with Gasteiger partial charge in [-0.1, -0.05) is 11.6 Å². The molecule has 4 aromatic heterocycles. The van der Waals surface area contributed by atoms with E-state index >= 15 is 0 Å². The lowest BCUT2D eigenvalue weighted by Crippen LogP contribution is -2.47. The zero-order valence-electron chi connectivity index (χ0n) is 22.1. The summed E-state index contributed by atoms with van der Waals surface area (Å²) in [5, 5.41) is 8.13. The molecule has 0 saturated carbocycles. The number of hydrogen-bond donors (Lipinski definition) is 2. The maximum Gasteiger partial charge on any atom is 0.239 e. The van der Waals surface area contributed by atoms with E-state index in [1.54, 1.807) is 48.6 Å². The highest BCUT2D eigenvalue weighted by atomic mass is 35.5. The van der Waals surface area contributed by atoms with Gasteiger partial charge in [0, 0.05) is 74.5 Å². The Morgan fingerprint density at radius 2 is 1.93 bits per heavy atom. The summed E-state index contributed by atoms with van der Waals surface area (Å²) in [6.07, 6.45) is 4.97. The quantitative estimate of drug-likeness (QED) is 0.242. The molecule has 1 aliphatic rings. The number of ether oxygens (including phenoxy) is 1. The van der Waals surface area contributed by atoms with Crippen LogP contribution in [0.1, 0.15) is 19.8 Å². The van der Waals surface area contributed by atoms with Gasteiger partial charge in [-0.05, 0) is 37.1 Å². The van der Waals surface area contributed by atoms with Crippen LogP contribution in [0.5, 0.6) is 5.88 Å². The minimum atomic E-state index is -2.27. The van der Waals surface area contributed by atoms with Crippen molar-refractivity contribution in [2.75, 3.05) is 35.6 Å². The summed E-state index contributed by atoms with van der Waals surface area (Å²) >= 11 is 6.24. The molecule has 210 valence electrons. The zero-order valence-corrected chi connectivity index (χ0v) is 22.9. The van der Waals surface area contributed by atoms with Gasteiger partial charge in [0.25, 0.3) is 0 Å². The number of rotatable bonds is 11. The van der Waals surface area contributed by atoms with E-state index in [1.807, 2.05) is 19.1 Å². The van der Waals surface area contributed by atoms with Crippen molar-refractivity contribution in [3.05, 3.63) is 54.2 Å².